The van der Waals surface area contributed by atoms with E-state index >= 15 is 0 Å². The van der Waals surface area contributed by atoms with Crippen LogP contribution in [0.4, 0.5) is 0 Å². The van der Waals surface area contributed by atoms with Crippen LogP contribution in [-0.4, -0.2) is 38.6 Å². The van der Waals surface area contributed by atoms with E-state index in [2.05, 4.69) is 15.0 Å². The second-order valence-corrected chi connectivity index (χ2v) is 3.32. The van der Waals surface area contributed by atoms with Gasteiger partial charge in [-0.2, -0.15) is 0 Å². The summed E-state index contributed by atoms with van der Waals surface area (Å²) in [5.41, 5.74) is 0.0789. The number of pyridine rings is 1. The SMILES string of the molecule is CCOC(=O)c1ccc2c(C(=O)O)ncnc2n1. The summed E-state index contributed by atoms with van der Waals surface area (Å²) < 4.78 is 4.79. The third-order valence-corrected chi connectivity index (χ3v) is 2.18. The molecule has 7 heteroatoms. The van der Waals surface area contributed by atoms with Gasteiger partial charge in [-0.05, 0) is 19.1 Å². The monoisotopic (exact) mass is 247 g/mol. The second-order valence-electron chi connectivity index (χ2n) is 3.32. The number of nitrogens with zero attached hydrogens (tertiary/aromatic N) is 3. The van der Waals surface area contributed by atoms with E-state index < -0.39 is 11.9 Å². The van der Waals surface area contributed by atoms with Gasteiger partial charge in [0.25, 0.3) is 0 Å². The minimum absolute atomic E-state index is 0.0828. The summed E-state index contributed by atoms with van der Waals surface area (Å²) in [5.74, 6) is -1.75. The van der Waals surface area contributed by atoms with E-state index in [1.54, 1.807) is 6.92 Å². The molecule has 0 fully saturated rings. The average Bonchev–Trinajstić information content (AvgIpc) is 2.37. The van der Waals surface area contributed by atoms with Gasteiger partial charge in [0.2, 0.25) is 0 Å². The summed E-state index contributed by atoms with van der Waals surface area (Å²) in [4.78, 5) is 33.8. The van der Waals surface area contributed by atoms with Gasteiger partial charge >= 0.3 is 11.9 Å². The third-order valence-electron chi connectivity index (χ3n) is 2.18. The number of ether oxygens (including phenoxy) is 1. The Bertz CT molecular complexity index is 627. The minimum atomic E-state index is -1.17. The van der Waals surface area contributed by atoms with Crippen molar-refractivity contribution in [1.29, 1.82) is 0 Å². The van der Waals surface area contributed by atoms with Gasteiger partial charge in [0.05, 0.1) is 12.0 Å². The first-order chi connectivity index (χ1) is 8.63. The number of carboxylic acid groups (broad SMARTS) is 1. The normalized spacial score (nSPS) is 10.3. The Balaban J connectivity index is 2.53. The van der Waals surface area contributed by atoms with Gasteiger partial charge in [0.15, 0.2) is 17.0 Å². The number of aromatic nitrogens is 3. The van der Waals surface area contributed by atoms with Crippen molar-refractivity contribution in [1.82, 2.24) is 15.0 Å². The van der Waals surface area contributed by atoms with Crippen molar-refractivity contribution in [3.63, 3.8) is 0 Å². The Labute approximate surface area is 101 Å². The number of carbonyl (C=O) groups excluding carboxylic acids is 1. The number of carbonyl (C=O) groups is 2. The summed E-state index contributed by atoms with van der Waals surface area (Å²) in [5, 5.41) is 9.21. The predicted molar refractivity (Wildman–Crippen MR) is 60.2 cm³/mol. The summed E-state index contributed by atoms with van der Waals surface area (Å²) in [7, 11) is 0. The van der Waals surface area contributed by atoms with Crippen molar-refractivity contribution in [3.05, 3.63) is 29.8 Å². The number of esters is 1. The number of hydrogen-bond acceptors (Lipinski definition) is 6. The number of rotatable bonds is 3. The highest BCUT2D eigenvalue weighted by Crippen LogP contribution is 2.14. The average molecular weight is 247 g/mol. The van der Waals surface area contributed by atoms with Gasteiger partial charge in [-0.3, -0.25) is 0 Å². The molecule has 92 valence electrons. The molecule has 2 aromatic rings. The Morgan fingerprint density at radius 1 is 1.33 bits per heavy atom. The molecule has 0 unspecified atom stereocenters. The Morgan fingerprint density at radius 2 is 2.11 bits per heavy atom. The quantitative estimate of drug-likeness (QED) is 0.803. The molecular weight excluding hydrogens is 238 g/mol. The molecular formula is C11H9N3O4. The molecule has 0 aliphatic heterocycles. The van der Waals surface area contributed by atoms with Gasteiger partial charge in [-0.25, -0.2) is 24.5 Å². The second kappa shape index (κ2) is 4.74. The Morgan fingerprint density at radius 3 is 2.78 bits per heavy atom. The van der Waals surface area contributed by atoms with Crippen molar-refractivity contribution < 1.29 is 19.4 Å². The van der Waals surface area contributed by atoms with Crippen molar-refractivity contribution in [3.8, 4) is 0 Å². The van der Waals surface area contributed by atoms with E-state index in [9.17, 15) is 9.59 Å². The van der Waals surface area contributed by atoms with Crippen molar-refractivity contribution in [2.24, 2.45) is 0 Å². The number of aromatic carboxylic acids is 1. The molecule has 0 atom stereocenters. The summed E-state index contributed by atoms with van der Waals surface area (Å²) in [6.45, 7) is 1.92. The molecule has 0 spiro atoms. The molecule has 0 saturated carbocycles. The Kier molecular flexibility index (Phi) is 3.13. The third kappa shape index (κ3) is 2.10. The maximum absolute atomic E-state index is 11.5. The predicted octanol–water partition coefficient (Wildman–Crippen LogP) is 0.900. The lowest BCUT2D eigenvalue weighted by Crippen LogP contribution is -2.09. The summed E-state index contributed by atoms with van der Waals surface area (Å²) >= 11 is 0. The largest absolute Gasteiger partial charge is 0.476 e. The molecule has 2 aromatic heterocycles. The molecule has 0 saturated heterocycles. The van der Waals surface area contributed by atoms with Crippen LogP contribution < -0.4 is 0 Å². The number of carboxylic acids is 1. The van der Waals surface area contributed by atoms with Crippen LogP contribution in [0.25, 0.3) is 11.0 Å². The molecule has 1 N–H and O–H groups in total. The first kappa shape index (κ1) is 11.9. The summed E-state index contributed by atoms with van der Waals surface area (Å²) in [6.07, 6.45) is 1.09. The highest BCUT2D eigenvalue weighted by atomic mass is 16.5. The van der Waals surface area contributed by atoms with Crippen molar-refractivity contribution in [2.75, 3.05) is 6.61 Å². The molecule has 0 amide bonds. The highest BCUT2D eigenvalue weighted by Gasteiger charge is 2.14. The van der Waals surface area contributed by atoms with Crippen LogP contribution in [-0.2, 0) is 4.74 Å². The highest BCUT2D eigenvalue weighted by molar-refractivity contribution is 6.00. The van der Waals surface area contributed by atoms with Gasteiger partial charge < -0.3 is 9.84 Å². The minimum Gasteiger partial charge on any atom is -0.476 e. The topological polar surface area (TPSA) is 102 Å². The lowest BCUT2D eigenvalue weighted by atomic mass is 10.2. The molecule has 18 heavy (non-hydrogen) atoms. The van der Waals surface area contributed by atoms with Crippen LogP contribution >= 0.6 is 0 Å². The lowest BCUT2D eigenvalue weighted by molar-refractivity contribution is 0.0519. The fraction of sp³-hybridized carbons (Fsp3) is 0.182. The zero-order chi connectivity index (χ0) is 13.1. The summed E-state index contributed by atoms with van der Waals surface area (Å²) in [6, 6.07) is 2.83. The van der Waals surface area contributed by atoms with Crippen LogP contribution in [0.1, 0.15) is 27.9 Å². The number of hydrogen-bond donors (Lipinski definition) is 1. The molecule has 0 aromatic carbocycles. The fourth-order valence-electron chi connectivity index (χ4n) is 1.43. The molecule has 7 nitrogen and oxygen atoms in total. The van der Waals surface area contributed by atoms with Gasteiger partial charge in [-0.15, -0.1) is 0 Å². The zero-order valence-electron chi connectivity index (χ0n) is 9.45. The van der Waals surface area contributed by atoms with E-state index in [0.717, 1.165) is 6.33 Å². The smallest absolute Gasteiger partial charge is 0.357 e. The van der Waals surface area contributed by atoms with Crippen LogP contribution in [0.15, 0.2) is 18.5 Å². The van der Waals surface area contributed by atoms with E-state index in [4.69, 9.17) is 9.84 Å². The maximum Gasteiger partial charge on any atom is 0.357 e. The van der Waals surface area contributed by atoms with Crippen molar-refractivity contribution in [2.45, 2.75) is 6.92 Å². The number of fused-ring (bicyclic) bond motifs is 1. The zero-order valence-corrected chi connectivity index (χ0v) is 9.45. The van der Waals surface area contributed by atoms with Crippen LogP contribution in [0.2, 0.25) is 0 Å². The first-order valence-electron chi connectivity index (χ1n) is 5.15. The van der Waals surface area contributed by atoms with E-state index in [-0.39, 0.29) is 29.0 Å². The molecule has 0 bridgehead atoms. The lowest BCUT2D eigenvalue weighted by Gasteiger charge is -2.03. The van der Waals surface area contributed by atoms with Gasteiger partial charge in [-0.1, -0.05) is 0 Å². The van der Waals surface area contributed by atoms with Gasteiger partial charge in [0, 0.05) is 0 Å². The first-order valence-corrected chi connectivity index (χ1v) is 5.15. The van der Waals surface area contributed by atoms with Crippen LogP contribution in [0.3, 0.4) is 0 Å². The van der Waals surface area contributed by atoms with Crippen LogP contribution in [0.5, 0.6) is 0 Å². The molecule has 0 aliphatic carbocycles. The standard InChI is InChI=1S/C11H9N3O4/c1-2-18-11(17)7-4-3-6-8(10(15)16)12-5-13-9(6)14-7/h3-5H,2H2,1H3,(H,15,16). The van der Waals surface area contributed by atoms with Crippen LogP contribution in [0, 0.1) is 0 Å². The Hall–Kier alpha value is -2.57. The van der Waals surface area contributed by atoms with E-state index in [1.165, 1.54) is 12.1 Å². The molecule has 0 radical (unpaired) electrons. The molecule has 2 rings (SSSR count). The van der Waals surface area contributed by atoms with Gasteiger partial charge in [0.1, 0.15) is 6.33 Å². The van der Waals surface area contributed by atoms with Crippen molar-refractivity contribution >= 4 is 23.0 Å². The maximum atomic E-state index is 11.5. The fourth-order valence-corrected chi connectivity index (χ4v) is 1.43. The molecule has 2 heterocycles. The molecule has 0 aliphatic rings. The van der Waals surface area contributed by atoms with E-state index in [1.807, 2.05) is 0 Å². The van der Waals surface area contributed by atoms with E-state index in [0.29, 0.717) is 0 Å².